The van der Waals surface area contributed by atoms with Gasteiger partial charge in [0.05, 0.1) is 13.2 Å². The highest BCUT2D eigenvalue weighted by molar-refractivity contribution is 5.81. The maximum atomic E-state index is 12.4. The van der Waals surface area contributed by atoms with Crippen LogP contribution in [0.5, 0.6) is 0 Å². The molecule has 0 aliphatic carbocycles. The predicted octanol–water partition coefficient (Wildman–Crippen LogP) is 8.36. The summed E-state index contributed by atoms with van der Waals surface area (Å²) in [5, 5.41) is 8.30. The fourth-order valence-electron chi connectivity index (χ4n) is 3.49. The zero-order valence-corrected chi connectivity index (χ0v) is 23.3. The van der Waals surface area contributed by atoms with Gasteiger partial charge in [0.2, 0.25) is 0 Å². The third kappa shape index (κ3) is 17.0. The van der Waals surface area contributed by atoms with E-state index in [1.54, 1.807) is 27.7 Å². The van der Waals surface area contributed by atoms with Gasteiger partial charge in [-0.2, -0.15) is 10.2 Å². The van der Waals surface area contributed by atoms with E-state index in [1.165, 1.54) is 77.0 Å². The standard InChI is InChI=1S/C28H54N2O4/c1-7-9-11-13-15-17-19-21-23-33-25(31)27(3,4)29-30-28(5,6)26(32)34-24-22-20-18-16-14-12-10-8-2/h7-24H2,1-6H3. The van der Waals surface area contributed by atoms with Gasteiger partial charge in [0.1, 0.15) is 0 Å². The van der Waals surface area contributed by atoms with Crippen LogP contribution in [-0.4, -0.2) is 36.2 Å². The Morgan fingerprint density at radius 3 is 1.06 bits per heavy atom. The van der Waals surface area contributed by atoms with Crippen LogP contribution in [-0.2, 0) is 19.1 Å². The topological polar surface area (TPSA) is 77.3 Å². The van der Waals surface area contributed by atoms with Crippen LogP contribution in [0, 0.1) is 0 Å². The molecule has 0 N–H and O–H groups in total. The summed E-state index contributed by atoms with van der Waals surface area (Å²) in [6.45, 7) is 11.9. The summed E-state index contributed by atoms with van der Waals surface area (Å²) in [5.74, 6) is -0.829. The van der Waals surface area contributed by atoms with Crippen LogP contribution in [0.4, 0.5) is 0 Å². The number of carbonyl (C=O) groups excluding carboxylic acids is 2. The molecule has 0 fully saturated rings. The Bertz CT molecular complexity index is 511. The van der Waals surface area contributed by atoms with Gasteiger partial charge in [-0.3, -0.25) is 0 Å². The second-order valence-electron chi connectivity index (χ2n) is 10.5. The Balaban J connectivity index is 4.12. The van der Waals surface area contributed by atoms with Crippen molar-refractivity contribution in [2.45, 2.75) is 155 Å². The summed E-state index contributed by atoms with van der Waals surface area (Å²) in [4.78, 5) is 24.8. The van der Waals surface area contributed by atoms with Crippen molar-refractivity contribution in [3.63, 3.8) is 0 Å². The van der Waals surface area contributed by atoms with Gasteiger partial charge in [-0.05, 0) is 40.5 Å². The molecule has 0 aromatic carbocycles. The minimum atomic E-state index is -1.13. The van der Waals surface area contributed by atoms with Crippen molar-refractivity contribution in [2.75, 3.05) is 13.2 Å². The highest BCUT2D eigenvalue weighted by atomic mass is 16.5. The quantitative estimate of drug-likeness (QED) is 0.0882. The van der Waals surface area contributed by atoms with Crippen LogP contribution < -0.4 is 0 Å². The van der Waals surface area contributed by atoms with Gasteiger partial charge in [0.25, 0.3) is 0 Å². The first-order chi connectivity index (χ1) is 16.2. The molecule has 200 valence electrons. The smallest absolute Gasteiger partial charge is 0.335 e. The van der Waals surface area contributed by atoms with Crippen molar-refractivity contribution >= 4 is 11.9 Å². The number of esters is 2. The molecular weight excluding hydrogens is 428 g/mol. The Morgan fingerprint density at radius 1 is 0.500 bits per heavy atom. The molecule has 0 saturated carbocycles. The predicted molar refractivity (Wildman–Crippen MR) is 140 cm³/mol. The van der Waals surface area contributed by atoms with E-state index in [4.69, 9.17) is 9.47 Å². The van der Waals surface area contributed by atoms with Gasteiger partial charge in [-0.1, -0.05) is 104 Å². The van der Waals surface area contributed by atoms with Crippen LogP contribution in [0.15, 0.2) is 10.2 Å². The highest BCUT2D eigenvalue weighted by Crippen LogP contribution is 2.19. The Hall–Kier alpha value is -1.46. The van der Waals surface area contributed by atoms with Crippen molar-refractivity contribution in [2.24, 2.45) is 10.2 Å². The second-order valence-corrected chi connectivity index (χ2v) is 10.5. The fourth-order valence-corrected chi connectivity index (χ4v) is 3.49. The number of hydrogen-bond donors (Lipinski definition) is 0. The summed E-state index contributed by atoms with van der Waals surface area (Å²) in [6, 6.07) is 0. The SMILES string of the molecule is CCCCCCCCCCOC(=O)C(C)(C)N=NC(C)(C)C(=O)OCCCCCCCCCC. The van der Waals surface area contributed by atoms with Crippen molar-refractivity contribution in [1.29, 1.82) is 0 Å². The number of azo groups is 1. The van der Waals surface area contributed by atoms with E-state index in [9.17, 15) is 9.59 Å². The van der Waals surface area contributed by atoms with E-state index in [1.807, 2.05) is 0 Å². The van der Waals surface area contributed by atoms with Gasteiger partial charge in [0, 0.05) is 0 Å². The molecule has 0 aromatic rings. The lowest BCUT2D eigenvalue weighted by Gasteiger charge is -2.21. The number of rotatable bonds is 22. The molecule has 0 spiro atoms. The summed E-state index contributed by atoms with van der Waals surface area (Å²) in [5.41, 5.74) is -2.26. The second kappa shape index (κ2) is 19.8. The first kappa shape index (κ1) is 32.5. The first-order valence-electron chi connectivity index (χ1n) is 14.0. The molecule has 0 saturated heterocycles. The fraction of sp³-hybridized carbons (Fsp3) is 0.929. The summed E-state index contributed by atoms with van der Waals surface area (Å²) >= 11 is 0. The van der Waals surface area contributed by atoms with E-state index in [0.717, 1.165) is 25.7 Å². The number of ether oxygens (including phenoxy) is 2. The lowest BCUT2D eigenvalue weighted by molar-refractivity contribution is -0.151. The first-order valence-corrected chi connectivity index (χ1v) is 14.0. The maximum Gasteiger partial charge on any atom is 0.335 e. The Labute approximate surface area is 210 Å². The van der Waals surface area contributed by atoms with Crippen molar-refractivity contribution in [1.82, 2.24) is 0 Å². The molecule has 0 amide bonds. The molecule has 6 heteroatoms. The van der Waals surface area contributed by atoms with E-state index in [0.29, 0.717) is 13.2 Å². The zero-order chi connectivity index (χ0) is 25.7. The van der Waals surface area contributed by atoms with Crippen molar-refractivity contribution < 1.29 is 19.1 Å². The molecule has 0 aliphatic heterocycles. The summed E-state index contributed by atoms with van der Waals surface area (Å²) < 4.78 is 10.8. The number of carbonyl (C=O) groups is 2. The maximum absolute atomic E-state index is 12.4. The number of nitrogens with zero attached hydrogens (tertiary/aromatic N) is 2. The molecule has 34 heavy (non-hydrogen) atoms. The zero-order valence-electron chi connectivity index (χ0n) is 23.3. The monoisotopic (exact) mass is 482 g/mol. The van der Waals surface area contributed by atoms with Crippen LogP contribution in [0.3, 0.4) is 0 Å². The van der Waals surface area contributed by atoms with Crippen LogP contribution >= 0.6 is 0 Å². The molecule has 0 aliphatic rings. The molecule has 0 unspecified atom stereocenters. The van der Waals surface area contributed by atoms with E-state index < -0.39 is 23.0 Å². The van der Waals surface area contributed by atoms with Crippen LogP contribution in [0.2, 0.25) is 0 Å². The Morgan fingerprint density at radius 2 is 0.765 bits per heavy atom. The molecule has 0 bridgehead atoms. The lowest BCUT2D eigenvalue weighted by atomic mass is 10.1. The molecule has 0 atom stereocenters. The van der Waals surface area contributed by atoms with Gasteiger partial charge in [-0.25, -0.2) is 9.59 Å². The summed E-state index contributed by atoms with van der Waals surface area (Å²) in [6.07, 6.45) is 19.1. The summed E-state index contributed by atoms with van der Waals surface area (Å²) in [7, 11) is 0. The van der Waals surface area contributed by atoms with Crippen LogP contribution in [0.25, 0.3) is 0 Å². The molecule has 0 heterocycles. The average molecular weight is 483 g/mol. The minimum Gasteiger partial charge on any atom is -0.464 e. The van der Waals surface area contributed by atoms with Gasteiger partial charge >= 0.3 is 11.9 Å². The minimum absolute atomic E-state index is 0.400. The average Bonchev–Trinajstić information content (AvgIpc) is 2.80. The van der Waals surface area contributed by atoms with E-state index >= 15 is 0 Å². The molecule has 0 aromatic heterocycles. The number of unbranched alkanes of at least 4 members (excludes halogenated alkanes) is 14. The van der Waals surface area contributed by atoms with Gasteiger partial charge in [0.15, 0.2) is 11.1 Å². The van der Waals surface area contributed by atoms with Gasteiger partial charge in [-0.15, -0.1) is 0 Å². The largest absolute Gasteiger partial charge is 0.464 e. The lowest BCUT2D eigenvalue weighted by Crippen LogP contribution is -2.35. The van der Waals surface area contributed by atoms with Crippen molar-refractivity contribution in [3.8, 4) is 0 Å². The highest BCUT2D eigenvalue weighted by Gasteiger charge is 2.34. The van der Waals surface area contributed by atoms with Crippen molar-refractivity contribution in [3.05, 3.63) is 0 Å². The molecule has 6 nitrogen and oxygen atoms in total. The Kier molecular flexibility index (Phi) is 19.0. The number of hydrogen-bond acceptors (Lipinski definition) is 6. The third-order valence-electron chi connectivity index (χ3n) is 6.01. The van der Waals surface area contributed by atoms with Crippen LogP contribution in [0.1, 0.15) is 144 Å². The third-order valence-corrected chi connectivity index (χ3v) is 6.01. The molecular formula is C28H54N2O4. The normalized spacial score (nSPS) is 12.3. The van der Waals surface area contributed by atoms with E-state index in [-0.39, 0.29) is 0 Å². The van der Waals surface area contributed by atoms with E-state index in [2.05, 4.69) is 24.1 Å². The molecule has 0 rings (SSSR count). The molecule has 0 radical (unpaired) electrons. The van der Waals surface area contributed by atoms with Gasteiger partial charge < -0.3 is 9.47 Å².